The third kappa shape index (κ3) is 3.62. The maximum atomic E-state index is 13.1. The molecule has 0 fully saturated rings. The molecule has 4 heterocycles. The Morgan fingerprint density at radius 1 is 1.00 bits per heavy atom. The average molecular weight is 459 g/mol. The third-order valence-corrected chi connectivity index (χ3v) is 5.86. The van der Waals surface area contributed by atoms with E-state index in [-0.39, 0.29) is 11.1 Å². The first-order chi connectivity index (χ1) is 16.8. The number of aromatic amines is 1. The SMILES string of the molecule is CC(C)(C#N)c1cccc(-n2c(=O)[nH]c(=O)c3cnc4ccc(-c5ccc(C#N)nc5)nc4c32)c1. The zero-order chi connectivity index (χ0) is 24.7. The van der Waals surface area contributed by atoms with Gasteiger partial charge in [0, 0.05) is 18.0 Å². The van der Waals surface area contributed by atoms with E-state index in [0.29, 0.717) is 33.5 Å². The van der Waals surface area contributed by atoms with Gasteiger partial charge in [-0.2, -0.15) is 10.5 Å². The van der Waals surface area contributed by atoms with Crippen LogP contribution in [0.15, 0.2) is 70.5 Å². The van der Waals surface area contributed by atoms with Crippen LogP contribution in [0.4, 0.5) is 0 Å². The highest BCUT2D eigenvalue weighted by Crippen LogP contribution is 2.28. The zero-order valence-corrected chi connectivity index (χ0v) is 18.8. The van der Waals surface area contributed by atoms with Gasteiger partial charge in [0.1, 0.15) is 17.3 Å². The van der Waals surface area contributed by atoms with Crippen molar-refractivity contribution in [2.75, 3.05) is 0 Å². The van der Waals surface area contributed by atoms with Crippen molar-refractivity contribution in [2.24, 2.45) is 0 Å². The van der Waals surface area contributed by atoms with Gasteiger partial charge in [0.25, 0.3) is 5.56 Å². The second kappa shape index (κ2) is 8.01. The number of nitrogens with zero attached hydrogens (tertiary/aromatic N) is 6. The van der Waals surface area contributed by atoms with Crippen LogP contribution >= 0.6 is 0 Å². The fourth-order valence-electron chi connectivity index (χ4n) is 3.88. The van der Waals surface area contributed by atoms with Gasteiger partial charge in [0.15, 0.2) is 0 Å². The molecule has 0 radical (unpaired) electrons. The number of aromatic nitrogens is 5. The van der Waals surface area contributed by atoms with Crippen molar-refractivity contribution in [2.45, 2.75) is 19.3 Å². The number of nitriles is 2. The van der Waals surface area contributed by atoms with Crippen LogP contribution in [-0.2, 0) is 5.41 Å². The number of hydrogen-bond acceptors (Lipinski definition) is 7. The lowest BCUT2D eigenvalue weighted by Gasteiger charge is -2.18. The summed E-state index contributed by atoms with van der Waals surface area (Å²) in [7, 11) is 0. The van der Waals surface area contributed by atoms with E-state index in [2.05, 4.69) is 21.0 Å². The maximum Gasteiger partial charge on any atom is 0.333 e. The van der Waals surface area contributed by atoms with Gasteiger partial charge in [-0.3, -0.25) is 19.3 Å². The van der Waals surface area contributed by atoms with Crippen LogP contribution in [0.3, 0.4) is 0 Å². The van der Waals surface area contributed by atoms with Crippen LogP contribution in [0.25, 0.3) is 38.9 Å². The van der Waals surface area contributed by atoms with Crippen molar-refractivity contribution in [3.05, 3.63) is 93.0 Å². The number of hydrogen-bond donors (Lipinski definition) is 1. The fourth-order valence-corrected chi connectivity index (χ4v) is 3.88. The fraction of sp³-hybridized carbons (Fsp3) is 0.115. The minimum Gasteiger partial charge on any atom is -0.273 e. The summed E-state index contributed by atoms with van der Waals surface area (Å²) in [6.07, 6.45) is 2.96. The largest absolute Gasteiger partial charge is 0.333 e. The van der Waals surface area contributed by atoms with E-state index in [1.807, 2.05) is 12.1 Å². The van der Waals surface area contributed by atoms with Crippen molar-refractivity contribution < 1.29 is 0 Å². The second-order valence-corrected chi connectivity index (χ2v) is 8.51. The van der Waals surface area contributed by atoms with Gasteiger partial charge in [-0.15, -0.1) is 0 Å². The van der Waals surface area contributed by atoms with Crippen molar-refractivity contribution in [1.29, 1.82) is 10.5 Å². The zero-order valence-electron chi connectivity index (χ0n) is 18.8. The second-order valence-electron chi connectivity index (χ2n) is 8.51. The van der Waals surface area contributed by atoms with E-state index in [0.717, 1.165) is 5.56 Å². The Morgan fingerprint density at radius 2 is 1.83 bits per heavy atom. The van der Waals surface area contributed by atoms with Gasteiger partial charge in [-0.05, 0) is 55.8 Å². The quantitative estimate of drug-likeness (QED) is 0.408. The molecule has 0 aliphatic carbocycles. The van der Waals surface area contributed by atoms with Gasteiger partial charge >= 0.3 is 5.69 Å². The Balaban J connectivity index is 1.85. The van der Waals surface area contributed by atoms with Crippen LogP contribution in [-0.4, -0.2) is 24.5 Å². The molecule has 0 spiro atoms. The van der Waals surface area contributed by atoms with Crippen molar-refractivity contribution in [3.8, 4) is 29.1 Å². The van der Waals surface area contributed by atoms with Crippen LogP contribution in [0, 0.1) is 22.7 Å². The lowest BCUT2D eigenvalue weighted by molar-refractivity contribution is 0.686. The third-order valence-electron chi connectivity index (χ3n) is 5.86. The lowest BCUT2D eigenvalue weighted by atomic mass is 9.86. The van der Waals surface area contributed by atoms with E-state index in [4.69, 9.17) is 10.2 Å². The Kier molecular flexibility index (Phi) is 4.96. The molecular weight excluding hydrogens is 442 g/mol. The molecule has 9 heteroatoms. The number of benzene rings is 1. The standard InChI is InChI=1S/C26H17N7O2/c1-26(2,14-28)16-4-3-5-18(10-16)33-23-19(24(34)32-25(33)35)13-30-21-9-8-20(31-22(21)23)15-6-7-17(11-27)29-12-15/h3-10,12-13H,1-2H3,(H,32,34,35). The molecule has 5 rings (SSSR count). The smallest absolute Gasteiger partial charge is 0.273 e. The number of rotatable bonds is 3. The minimum absolute atomic E-state index is 0.199. The molecule has 0 aliphatic rings. The van der Waals surface area contributed by atoms with Crippen molar-refractivity contribution in [1.82, 2.24) is 24.5 Å². The summed E-state index contributed by atoms with van der Waals surface area (Å²) in [5.74, 6) is 0. The summed E-state index contributed by atoms with van der Waals surface area (Å²) in [6, 6.07) is 18.1. The predicted octanol–water partition coefficient (Wildman–Crippen LogP) is 3.36. The van der Waals surface area contributed by atoms with Crippen LogP contribution in [0.5, 0.6) is 0 Å². The Morgan fingerprint density at radius 3 is 2.54 bits per heavy atom. The maximum absolute atomic E-state index is 13.1. The molecule has 0 saturated heterocycles. The number of pyridine rings is 3. The summed E-state index contributed by atoms with van der Waals surface area (Å²) in [5, 5.41) is 18.8. The van der Waals surface area contributed by atoms with Crippen molar-refractivity contribution in [3.63, 3.8) is 0 Å². The Labute approximate surface area is 198 Å². The normalized spacial score (nSPS) is 11.3. The molecule has 0 atom stereocenters. The van der Waals surface area contributed by atoms with Crippen LogP contribution in [0.1, 0.15) is 25.1 Å². The molecule has 0 unspecified atom stereocenters. The molecule has 4 aromatic heterocycles. The van der Waals surface area contributed by atoms with Crippen molar-refractivity contribution >= 4 is 21.9 Å². The van der Waals surface area contributed by atoms with E-state index in [1.165, 1.54) is 10.8 Å². The average Bonchev–Trinajstić information content (AvgIpc) is 2.88. The molecular formula is C26H17N7O2. The van der Waals surface area contributed by atoms with Crippen LogP contribution < -0.4 is 11.2 Å². The molecule has 1 aromatic carbocycles. The molecule has 0 amide bonds. The molecule has 0 saturated carbocycles. The first-order valence-electron chi connectivity index (χ1n) is 10.7. The summed E-state index contributed by atoms with van der Waals surface area (Å²) < 4.78 is 1.38. The summed E-state index contributed by atoms with van der Waals surface area (Å²) in [6.45, 7) is 3.58. The van der Waals surface area contributed by atoms with E-state index >= 15 is 0 Å². The molecule has 0 bridgehead atoms. The van der Waals surface area contributed by atoms with Gasteiger partial charge in [-0.1, -0.05) is 12.1 Å². The highest BCUT2D eigenvalue weighted by Gasteiger charge is 2.21. The highest BCUT2D eigenvalue weighted by molar-refractivity contribution is 6.01. The number of H-pyrrole nitrogens is 1. The number of nitrogens with one attached hydrogen (secondary N) is 1. The molecule has 9 nitrogen and oxygen atoms in total. The lowest BCUT2D eigenvalue weighted by Crippen LogP contribution is -2.30. The summed E-state index contributed by atoms with van der Waals surface area (Å²) >= 11 is 0. The van der Waals surface area contributed by atoms with Gasteiger partial charge in [0.2, 0.25) is 0 Å². The first-order valence-corrected chi connectivity index (χ1v) is 10.7. The summed E-state index contributed by atoms with van der Waals surface area (Å²) in [5.41, 5.74) is 1.87. The Bertz CT molecular complexity index is 1840. The Hall–Kier alpha value is -5.15. The van der Waals surface area contributed by atoms with E-state index in [9.17, 15) is 14.9 Å². The monoisotopic (exact) mass is 459 g/mol. The molecule has 1 N–H and O–H groups in total. The first kappa shape index (κ1) is 21.7. The molecule has 0 aliphatic heterocycles. The van der Waals surface area contributed by atoms with E-state index < -0.39 is 16.7 Å². The molecule has 168 valence electrons. The van der Waals surface area contributed by atoms with Crippen LogP contribution in [0.2, 0.25) is 0 Å². The highest BCUT2D eigenvalue weighted by atomic mass is 16.2. The van der Waals surface area contributed by atoms with Gasteiger partial charge in [0.05, 0.1) is 39.3 Å². The number of fused-ring (bicyclic) bond motifs is 3. The molecule has 35 heavy (non-hydrogen) atoms. The summed E-state index contributed by atoms with van der Waals surface area (Å²) in [4.78, 5) is 41.4. The predicted molar refractivity (Wildman–Crippen MR) is 130 cm³/mol. The molecule has 5 aromatic rings. The van der Waals surface area contributed by atoms with Gasteiger partial charge < -0.3 is 0 Å². The van der Waals surface area contributed by atoms with E-state index in [1.54, 1.807) is 62.5 Å². The topological polar surface area (TPSA) is 141 Å². The minimum atomic E-state index is -0.782. The van der Waals surface area contributed by atoms with Gasteiger partial charge in [-0.25, -0.2) is 14.8 Å².